The van der Waals surface area contributed by atoms with Crippen molar-refractivity contribution in [1.29, 1.82) is 0 Å². The van der Waals surface area contributed by atoms with E-state index in [1.807, 2.05) is 30.1 Å². The van der Waals surface area contributed by atoms with E-state index >= 15 is 0 Å². The monoisotopic (exact) mass is 272 g/mol. The van der Waals surface area contributed by atoms with E-state index in [1.54, 1.807) is 6.20 Å². The third-order valence-electron chi connectivity index (χ3n) is 3.15. The molecule has 0 aliphatic heterocycles. The molecule has 0 fully saturated rings. The lowest BCUT2D eigenvalue weighted by Gasteiger charge is -2.22. The third kappa shape index (κ3) is 4.08. The maximum atomic E-state index is 6.26. The van der Waals surface area contributed by atoms with Crippen molar-refractivity contribution >= 4 is 11.8 Å². The quantitative estimate of drug-likeness (QED) is 0.869. The summed E-state index contributed by atoms with van der Waals surface area (Å²) in [5, 5.41) is 0.305. The highest BCUT2D eigenvalue weighted by molar-refractivity contribution is 7.98. The Morgan fingerprint density at radius 1 is 1.16 bits per heavy atom. The zero-order valence-corrected chi connectivity index (χ0v) is 12.0. The lowest BCUT2D eigenvalue weighted by molar-refractivity contribution is 0.633. The molecule has 0 spiro atoms. The predicted octanol–water partition coefficient (Wildman–Crippen LogP) is 3.79. The van der Waals surface area contributed by atoms with E-state index in [2.05, 4.69) is 42.2 Å². The van der Waals surface area contributed by atoms with Crippen LogP contribution in [0.3, 0.4) is 0 Å². The van der Waals surface area contributed by atoms with Crippen LogP contribution in [0.15, 0.2) is 54.9 Å². The summed E-state index contributed by atoms with van der Waals surface area (Å²) in [4.78, 5) is 4.21. The van der Waals surface area contributed by atoms with Gasteiger partial charge in [-0.25, -0.2) is 0 Å². The van der Waals surface area contributed by atoms with Crippen molar-refractivity contribution in [1.82, 2.24) is 4.98 Å². The lowest BCUT2D eigenvalue weighted by Crippen LogP contribution is -2.25. The average Bonchev–Trinajstić information content (AvgIpc) is 2.49. The van der Waals surface area contributed by atoms with E-state index in [0.29, 0.717) is 5.25 Å². The van der Waals surface area contributed by atoms with Gasteiger partial charge in [0.05, 0.1) is 0 Å². The number of hydrogen-bond acceptors (Lipinski definition) is 3. The molecule has 0 aliphatic carbocycles. The van der Waals surface area contributed by atoms with Crippen molar-refractivity contribution in [3.05, 3.63) is 66.0 Å². The predicted molar refractivity (Wildman–Crippen MR) is 83.0 cm³/mol. The standard InChI is InChI=1S/C16H20N2S/c1-2-15(17)16(14-9-6-10-18-11-14)19-12-13-7-4-3-5-8-13/h3-11,15-16H,2,12,17H2,1H3. The van der Waals surface area contributed by atoms with E-state index in [1.165, 1.54) is 11.1 Å². The van der Waals surface area contributed by atoms with Crippen LogP contribution in [0.1, 0.15) is 29.7 Å². The first kappa shape index (κ1) is 14.1. The molecular weight excluding hydrogens is 252 g/mol. The molecule has 2 aromatic rings. The summed E-state index contributed by atoms with van der Waals surface area (Å²) in [5.74, 6) is 0.980. The number of nitrogens with two attached hydrogens (primary N) is 1. The Labute approximate surface area is 119 Å². The maximum absolute atomic E-state index is 6.26. The summed E-state index contributed by atoms with van der Waals surface area (Å²) < 4.78 is 0. The van der Waals surface area contributed by atoms with E-state index in [-0.39, 0.29) is 6.04 Å². The van der Waals surface area contributed by atoms with Crippen LogP contribution in [-0.2, 0) is 5.75 Å². The summed E-state index contributed by atoms with van der Waals surface area (Å²) >= 11 is 1.90. The summed E-state index contributed by atoms with van der Waals surface area (Å²) in [5.41, 5.74) is 8.82. The van der Waals surface area contributed by atoms with Crippen molar-refractivity contribution in [3.63, 3.8) is 0 Å². The Morgan fingerprint density at radius 3 is 2.58 bits per heavy atom. The van der Waals surface area contributed by atoms with Gasteiger partial charge in [-0.15, -0.1) is 11.8 Å². The summed E-state index contributed by atoms with van der Waals surface area (Å²) in [7, 11) is 0. The number of hydrogen-bond donors (Lipinski definition) is 1. The molecule has 2 unspecified atom stereocenters. The van der Waals surface area contributed by atoms with Gasteiger partial charge in [0.25, 0.3) is 0 Å². The van der Waals surface area contributed by atoms with Crippen molar-refractivity contribution in [2.45, 2.75) is 30.4 Å². The molecule has 19 heavy (non-hydrogen) atoms. The van der Waals surface area contributed by atoms with E-state index in [0.717, 1.165) is 12.2 Å². The number of rotatable bonds is 6. The van der Waals surface area contributed by atoms with Gasteiger partial charge in [0.2, 0.25) is 0 Å². The van der Waals surface area contributed by atoms with Crippen LogP contribution >= 0.6 is 11.8 Å². The first-order chi connectivity index (χ1) is 9.31. The lowest BCUT2D eigenvalue weighted by atomic mass is 10.1. The van der Waals surface area contributed by atoms with E-state index in [4.69, 9.17) is 5.73 Å². The topological polar surface area (TPSA) is 38.9 Å². The highest BCUT2D eigenvalue weighted by Gasteiger charge is 2.19. The molecular formula is C16H20N2S. The van der Waals surface area contributed by atoms with Gasteiger partial charge < -0.3 is 5.73 Å². The molecule has 1 aromatic heterocycles. The number of benzene rings is 1. The fraction of sp³-hybridized carbons (Fsp3) is 0.312. The minimum absolute atomic E-state index is 0.165. The molecule has 1 aromatic carbocycles. The van der Waals surface area contributed by atoms with E-state index in [9.17, 15) is 0 Å². The molecule has 0 saturated heterocycles. The van der Waals surface area contributed by atoms with Crippen LogP contribution in [0, 0.1) is 0 Å². The molecule has 0 radical (unpaired) electrons. The molecule has 2 N–H and O–H groups in total. The molecule has 0 aliphatic rings. The number of thioether (sulfide) groups is 1. The van der Waals surface area contributed by atoms with Gasteiger partial charge in [-0.2, -0.15) is 0 Å². The minimum atomic E-state index is 0.165. The molecule has 2 rings (SSSR count). The van der Waals surface area contributed by atoms with Crippen molar-refractivity contribution in [2.75, 3.05) is 0 Å². The number of pyridine rings is 1. The molecule has 1 heterocycles. The Hall–Kier alpha value is -1.32. The Morgan fingerprint density at radius 2 is 1.95 bits per heavy atom. The summed E-state index contributed by atoms with van der Waals surface area (Å²) in [6.07, 6.45) is 4.71. The molecule has 0 saturated carbocycles. The van der Waals surface area contributed by atoms with Crippen LogP contribution in [0.5, 0.6) is 0 Å². The highest BCUT2D eigenvalue weighted by Crippen LogP contribution is 2.34. The van der Waals surface area contributed by atoms with E-state index < -0.39 is 0 Å². The molecule has 100 valence electrons. The second kappa shape index (κ2) is 7.31. The van der Waals surface area contributed by atoms with Crippen molar-refractivity contribution < 1.29 is 0 Å². The fourth-order valence-electron chi connectivity index (χ4n) is 1.99. The van der Waals surface area contributed by atoms with Crippen molar-refractivity contribution in [3.8, 4) is 0 Å². The van der Waals surface area contributed by atoms with Gasteiger partial charge in [-0.1, -0.05) is 43.3 Å². The Kier molecular flexibility index (Phi) is 5.43. The molecule has 2 atom stereocenters. The van der Waals surface area contributed by atoms with Crippen LogP contribution in [0.2, 0.25) is 0 Å². The SMILES string of the molecule is CCC(N)C(SCc1ccccc1)c1cccnc1. The first-order valence-electron chi connectivity index (χ1n) is 6.62. The zero-order valence-electron chi connectivity index (χ0n) is 11.2. The molecule has 0 amide bonds. The zero-order chi connectivity index (χ0) is 13.5. The number of nitrogens with zero attached hydrogens (tertiary/aromatic N) is 1. The molecule has 0 bridgehead atoms. The van der Waals surface area contributed by atoms with Gasteiger partial charge >= 0.3 is 0 Å². The second-order valence-corrected chi connectivity index (χ2v) is 5.71. The summed E-state index contributed by atoms with van der Waals surface area (Å²) in [6, 6.07) is 14.8. The van der Waals surface area contributed by atoms with Crippen molar-refractivity contribution in [2.24, 2.45) is 5.73 Å². The van der Waals surface area contributed by atoms with Crippen LogP contribution in [0.25, 0.3) is 0 Å². The minimum Gasteiger partial charge on any atom is -0.326 e. The smallest absolute Gasteiger partial charge is 0.0466 e. The molecule has 2 nitrogen and oxygen atoms in total. The highest BCUT2D eigenvalue weighted by atomic mass is 32.2. The van der Waals surface area contributed by atoms with Gasteiger partial charge in [0, 0.05) is 29.4 Å². The van der Waals surface area contributed by atoms with Gasteiger partial charge in [0.15, 0.2) is 0 Å². The van der Waals surface area contributed by atoms with Crippen LogP contribution in [0.4, 0.5) is 0 Å². The van der Waals surface area contributed by atoms with Gasteiger partial charge in [-0.05, 0) is 23.6 Å². The fourth-order valence-corrected chi connectivity index (χ4v) is 3.32. The Balaban J connectivity index is 2.07. The number of aromatic nitrogens is 1. The summed E-state index contributed by atoms with van der Waals surface area (Å²) in [6.45, 7) is 2.14. The van der Waals surface area contributed by atoms with Crippen LogP contribution in [-0.4, -0.2) is 11.0 Å². The first-order valence-corrected chi connectivity index (χ1v) is 7.67. The largest absolute Gasteiger partial charge is 0.326 e. The molecule has 3 heteroatoms. The van der Waals surface area contributed by atoms with Gasteiger partial charge in [-0.3, -0.25) is 4.98 Å². The van der Waals surface area contributed by atoms with Gasteiger partial charge in [0.1, 0.15) is 0 Å². The maximum Gasteiger partial charge on any atom is 0.0466 e. The normalized spacial score (nSPS) is 14.0. The third-order valence-corrected chi connectivity index (χ3v) is 4.63. The second-order valence-electron chi connectivity index (χ2n) is 4.58. The Bertz CT molecular complexity index is 473. The van der Waals surface area contributed by atoms with Crippen LogP contribution < -0.4 is 5.73 Å². The average molecular weight is 272 g/mol.